The minimum atomic E-state index is 0.392. The Morgan fingerprint density at radius 3 is 3.00 bits per heavy atom. The highest BCUT2D eigenvalue weighted by atomic mass is 16.5. The van der Waals surface area contributed by atoms with Gasteiger partial charge < -0.3 is 15.4 Å². The molecule has 1 aliphatic heterocycles. The Morgan fingerprint density at radius 2 is 2.28 bits per heavy atom. The van der Waals surface area contributed by atoms with Crippen LogP contribution in [-0.2, 0) is 11.2 Å². The lowest BCUT2D eigenvalue weighted by atomic mass is 10.1. The van der Waals surface area contributed by atoms with E-state index in [1.165, 1.54) is 0 Å². The first kappa shape index (κ1) is 13.1. The maximum absolute atomic E-state index is 5.99. The molecule has 1 aromatic heterocycles. The Bertz CT molecular complexity index is 397. The zero-order valence-electron chi connectivity index (χ0n) is 11.2. The van der Waals surface area contributed by atoms with Gasteiger partial charge in [-0.1, -0.05) is 20.3 Å². The smallest absolute Gasteiger partial charge is 0.137 e. The number of hydrogen-bond donors (Lipinski definition) is 1. The number of hydrogen-bond acceptors (Lipinski definition) is 5. The second-order valence-electron chi connectivity index (χ2n) is 4.64. The topological polar surface area (TPSA) is 64.3 Å². The molecule has 1 aromatic rings. The number of nitrogens with two attached hydrogens (primary N) is 1. The summed E-state index contributed by atoms with van der Waals surface area (Å²) in [4.78, 5) is 10.9. The van der Waals surface area contributed by atoms with Gasteiger partial charge in [0.2, 0.25) is 0 Å². The fraction of sp³-hybridized carbons (Fsp3) is 0.692. The standard InChI is InChI=1S/C13H22N4O/c1-3-5-11-12(14)15-9-16-13(11)17-6-7-18-8-10(17)4-2/h9-10H,3-8H2,1-2H3,(H2,14,15,16). The SMILES string of the molecule is CCCc1c(N)ncnc1N1CCOCC1CC. The van der Waals surface area contributed by atoms with E-state index in [1.54, 1.807) is 6.33 Å². The number of morpholine rings is 1. The molecule has 100 valence electrons. The van der Waals surface area contributed by atoms with E-state index in [1.807, 2.05) is 0 Å². The normalized spacial score (nSPS) is 20.1. The first-order chi connectivity index (χ1) is 8.77. The molecule has 1 atom stereocenters. The molecule has 1 fully saturated rings. The Hall–Kier alpha value is -1.36. The molecule has 0 bridgehead atoms. The summed E-state index contributed by atoms with van der Waals surface area (Å²) in [5.41, 5.74) is 7.08. The summed E-state index contributed by atoms with van der Waals surface area (Å²) in [6.07, 6.45) is 4.59. The molecule has 1 saturated heterocycles. The quantitative estimate of drug-likeness (QED) is 0.879. The molecule has 5 nitrogen and oxygen atoms in total. The van der Waals surface area contributed by atoms with Gasteiger partial charge in [0.1, 0.15) is 18.0 Å². The van der Waals surface area contributed by atoms with Crippen molar-refractivity contribution >= 4 is 11.6 Å². The van der Waals surface area contributed by atoms with Gasteiger partial charge in [0.15, 0.2) is 0 Å². The molecular weight excluding hydrogens is 228 g/mol. The molecule has 0 aromatic carbocycles. The number of nitrogens with zero attached hydrogens (tertiary/aromatic N) is 3. The number of anilines is 2. The van der Waals surface area contributed by atoms with Crippen LogP contribution in [0.1, 0.15) is 32.3 Å². The van der Waals surface area contributed by atoms with E-state index in [9.17, 15) is 0 Å². The van der Waals surface area contributed by atoms with Gasteiger partial charge in [0.25, 0.3) is 0 Å². The number of aromatic nitrogens is 2. The molecule has 5 heteroatoms. The molecular formula is C13H22N4O. The second kappa shape index (κ2) is 6.00. The summed E-state index contributed by atoms with van der Waals surface area (Å²) < 4.78 is 5.54. The predicted molar refractivity (Wildman–Crippen MR) is 72.7 cm³/mol. The van der Waals surface area contributed by atoms with Gasteiger partial charge in [0.05, 0.1) is 19.3 Å². The van der Waals surface area contributed by atoms with Crippen molar-refractivity contribution in [2.75, 3.05) is 30.4 Å². The zero-order valence-corrected chi connectivity index (χ0v) is 11.2. The van der Waals surface area contributed by atoms with E-state index in [4.69, 9.17) is 10.5 Å². The molecule has 1 unspecified atom stereocenters. The minimum Gasteiger partial charge on any atom is -0.383 e. The van der Waals surface area contributed by atoms with Crippen LogP contribution in [0.15, 0.2) is 6.33 Å². The van der Waals surface area contributed by atoms with E-state index in [-0.39, 0.29) is 0 Å². The van der Waals surface area contributed by atoms with Crippen LogP contribution in [-0.4, -0.2) is 35.8 Å². The van der Waals surface area contributed by atoms with Gasteiger partial charge in [-0.15, -0.1) is 0 Å². The highest BCUT2D eigenvalue weighted by Gasteiger charge is 2.25. The largest absolute Gasteiger partial charge is 0.383 e. The molecule has 0 spiro atoms. The van der Waals surface area contributed by atoms with Crippen LogP contribution in [0.3, 0.4) is 0 Å². The van der Waals surface area contributed by atoms with Crippen molar-refractivity contribution in [1.82, 2.24) is 9.97 Å². The molecule has 18 heavy (non-hydrogen) atoms. The highest BCUT2D eigenvalue weighted by Crippen LogP contribution is 2.26. The van der Waals surface area contributed by atoms with Crippen molar-refractivity contribution in [3.05, 3.63) is 11.9 Å². The Labute approximate surface area is 108 Å². The first-order valence-corrected chi connectivity index (χ1v) is 6.71. The summed E-state index contributed by atoms with van der Waals surface area (Å²) in [7, 11) is 0. The zero-order chi connectivity index (χ0) is 13.0. The van der Waals surface area contributed by atoms with Gasteiger partial charge >= 0.3 is 0 Å². The van der Waals surface area contributed by atoms with Crippen molar-refractivity contribution < 1.29 is 4.74 Å². The van der Waals surface area contributed by atoms with E-state index in [0.717, 1.165) is 50.4 Å². The van der Waals surface area contributed by atoms with Crippen LogP contribution in [0, 0.1) is 0 Å². The Balaban J connectivity index is 2.33. The van der Waals surface area contributed by atoms with Crippen molar-refractivity contribution in [2.45, 2.75) is 39.2 Å². The Morgan fingerprint density at radius 1 is 1.44 bits per heavy atom. The third-order valence-corrected chi connectivity index (χ3v) is 3.43. The summed E-state index contributed by atoms with van der Waals surface area (Å²) in [6, 6.07) is 0.392. The molecule has 0 saturated carbocycles. The monoisotopic (exact) mass is 250 g/mol. The van der Waals surface area contributed by atoms with Crippen molar-refractivity contribution in [3.8, 4) is 0 Å². The third kappa shape index (κ3) is 2.56. The maximum atomic E-state index is 5.99. The molecule has 0 aliphatic carbocycles. The lowest BCUT2D eigenvalue weighted by Crippen LogP contribution is -2.46. The fourth-order valence-electron chi connectivity index (χ4n) is 2.43. The highest BCUT2D eigenvalue weighted by molar-refractivity contribution is 5.57. The van der Waals surface area contributed by atoms with Crippen molar-refractivity contribution in [2.24, 2.45) is 0 Å². The second-order valence-corrected chi connectivity index (χ2v) is 4.64. The van der Waals surface area contributed by atoms with Gasteiger partial charge in [-0.3, -0.25) is 0 Å². The average Bonchev–Trinajstić information content (AvgIpc) is 2.41. The van der Waals surface area contributed by atoms with Gasteiger partial charge in [-0.2, -0.15) is 0 Å². The van der Waals surface area contributed by atoms with Gasteiger partial charge in [0, 0.05) is 12.1 Å². The van der Waals surface area contributed by atoms with Crippen LogP contribution >= 0.6 is 0 Å². The van der Waals surface area contributed by atoms with Gasteiger partial charge in [-0.05, 0) is 12.8 Å². The summed E-state index contributed by atoms with van der Waals surface area (Å²) >= 11 is 0. The molecule has 0 amide bonds. The Kier molecular flexibility index (Phi) is 4.36. The molecule has 0 radical (unpaired) electrons. The van der Waals surface area contributed by atoms with E-state index >= 15 is 0 Å². The molecule has 2 rings (SSSR count). The van der Waals surface area contributed by atoms with Crippen LogP contribution in [0.25, 0.3) is 0 Å². The number of nitrogen functional groups attached to an aromatic ring is 1. The summed E-state index contributed by atoms with van der Waals surface area (Å²) in [5, 5.41) is 0. The first-order valence-electron chi connectivity index (χ1n) is 6.71. The molecule has 1 aliphatic rings. The molecule has 2 heterocycles. The van der Waals surface area contributed by atoms with Crippen molar-refractivity contribution in [3.63, 3.8) is 0 Å². The average molecular weight is 250 g/mol. The van der Waals surface area contributed by atoms with Crippen LogP contribution < -0.4 is 10.6 Å². The predicted octanol–water partition coefficient (Wildman–Crippen LogP) is 1.63. The summed E-state index contributed by atoms with van der Waals surface area (Å²) in [6.45, 7) is 6.73. The molecule has 2 N–H and O–H groups in total. The third-order valence-electron chi connectivity index (χ3n) is 3.43. The lowest BCUT2D eigenvalue weighted by Gasteiger charge is -2.37. The maximum Gasteiger partial charge on any atom is 0.137 e. The van der Waals surface area contributed by atoms with Crippen LogP contribution in [0.5, 0.6) is 0 Å². The van der Waals surface area contributed by atoms with Crippen molar-refractivity contribution in [1.29, 1.82) is 0 Å². The summed E-state index contributed by atoms with van der Waals surface area (Å²) in [5.74, 6) is 1.61. The lowest BCUT2D eigenvalue weighted by molar-refractivity contribution is 0.0924. The minimum absolute atomic E-state index is 0.392. The number of rotatable bonds is 4. The number of ether oxygens (including phenoxy) is 1. The van der Waals surface area contributed by atoms with Crippen LogP contribution in [0.4, 0.5) is 11.6 Å². The van der Waals surface area contributed by atoms with E-state index < -0.39 is 0 Å². The van der Waals surface area contributed by atoms with Crippen LogP contribution in [0.2, 0.25) is 0 Å². The fourth-order valence-corrected chi connectivity index (χ4v) is 2.43. The van der Waals surface area contributed by atoms with E-state index in [0.29, 0.717) is 11.9 Å². The van der Waals surface area contributed by atoms with Gasteiger partial charge in [-0.25, -0.2) is 9.97 Å². The van der Waals surface area contributed by atoms with E-state index in [2.05, 4.69) is 28.7 Å².